The minimum atomic E-state index is 0.545. The van der Waals surface area contributed by atoms with Gasteiger partial charge in [-0.15, -0.1) is 0 Å². The van der Waals surface area contributed by atoms with Crippen LogP contribution in [0.25, 0.3) is 0 Å². The van der Waals surface area contributed by atoms with E-state index in [4.69, 9.17) is 0 Å². The predicted octanol–water partition coefficient (Wildman–Crippen LogP) is 3.52. The summed E-state index contributed by atoms with van der Waals surface area (Å²) in [5.74, 6) is 0. The van der Waals surface area contributed by atoms with Crippen molar-refractivity contribution >= 4 is 0 Å². The van der Waals surface area contributed by atoms with Crippen LogP contribution in [0.1, 0.15) is 49.8 Å². The number of hydrogen-bond donors (Lipinski definition) is 1. The molecule has 1 aromatic rings. The maximum absolute atomic E-state index is 3.30. The first-order valence-electron chi connectivity index (χ1n) is 7.70. The molecule has 1 aliphatic rings. The molecule has 2 atom stereocenters. The minimum Gasteiger partial charge on any atom is -0.320 e. The Morgan fingerprint density at radius 1 is 1.32 bits per heavy atom. The van der Waals surface area contributed by atoms with Crippen LogP contribution in [0.3, 0.4) is 0 Å². The Kier molecular flexibility index (Phi) is 5.41. The van der Waals surface area contributed by atoms with E-state index in [0.29, 0.717) is 6.04 Å². The number of hydrogen-bond acceptors (Lipinski definition) is 2. The molecule has 1 aliphatic heterocycles. The highest BCUT2D eigenvalue weighted by Crippen LogP contribution is 2.30. The average molecular weight is 260 g/mol. The number of benzene rings is 1. The van der Waals surface area contributed by atoms with E-state index in [1.54, 1.807) is 0 Å². The summed E-state index contributed by atoms with van der Waals surface area (Å²) in [6.07, 6.45) is 5.38. The molecule has 2 rings (SSSR count). The first-order chi connectivity index (χ1) is 9.24. The molecule has 19 heavy (non-hydrogen) atoms. The second-order valence-corrected chi connectivity index (χ2v) is 5.81. The van der Waals surface area contributed by atoms with Gasteiger partial charge in [-0.3, -0.25) is 4.90 Å². The van der Waals surface area contributed by atoms with E-state index < -0.39 is 0 Å². The van der Waals surface area contributed by atoms with Gasteiger partial charge in [0.1, 0.15) is 0 Å². The molecule has 0 bridgehead atoms. The fraction of sp³-hybridized carbons (Fsp3) is 0.647. The van der Waals surface area contributed by atoms with Crippen LogP contribution in [0.5, 0.6) is 0 Å². The molecule has 1 aromatic carbocycles. The molecular formula is C17H28N2. The highest BCUT2D eigenvalue weighted by Gasteiger charge is 2.27. The van der Waals surface area contributed by atoms with Crippen molar-refractivity contribution in [1.82, 2.24) is 10.2 Å². The van der Waals surface area contributed by atoms with E-state index in [-0.39, 0.29) is 0 Å². The quantitative estimate of drug-likeness (QED) is 0.871. The summed E-state index contributed by atoms with van der Waals surface area (Å²) >= 11 is 0. The number of nitrogens with one attached hydrogen (secondary N) is 1. The molecule has 2 heteroatoms. The average Bonchev–Trinajstić information content (AvgIpc) is 2.45. The molecule has 0 saturated carbocycles. The third-order valence-corrected chi connectivity index (χ3v) is 4.54. The van der Waals surface area contributed by atoms with Crippen molar-refractivity contribution < 1.29 is 0 Å². The number of likely N-dealkylation sites (tertiary alicyclic amines) is 1. The highest BCUT2D eigenvalue weighted by molar-refractivity contribution is 5.28. The normalized spacial score (nSPS) is 22.4. The zero-order valence-electron chi connectivity index (χ0n) is 12.7. The van der Waals surface area contributed by atoms with Gasteiger partial charge < -0.3 is 5.32 Å². The summed E-state index contributed by atoms with van der Waals surface area (Å²) in [7, 11) is 2.05. The molecule has 0 aromatic heterocycles. The fourth-order valence-corrected chi connectivity index (χ4v) is 3.39. The molecule has 1 fully saturated rings. The summed E-state index contributed by atoms with van der Waals surface area (Å²) in [6, 6.07) is 10.1. The van der Waals surface area contributed by atoms with Crippen LogP contribution in [0, 0.1) is 6.92 Å². The summed E-state index contributed by atoms with van der Waals surface area (Å²) in [6.45, 7) is 6.99. The van der Waals surface area contributed by atoms with Gasteiger partial charge in [-0.2, -0.15) is 0 Å². The van der Waals surface area contributed by atoms with Crippen molar-refractivity contribution in [2.75, 3.05) is 20.1 Å². The Morgan fingerprint density at radius 2 is 2.11 bits per heavy atom. The summed E-state index contributed by atoms with van der Waals surface area (Å²) < 4.78 is 0. The van der Waals surface area contributed by atoms with Gasteiger partial charge in [-0.1, -0.05) is 30.7 Å². The lowest BCUT2D eigenvalue weighted by Crippen LogP contribution is -2.42. The van der Waals surface area contributed by atoms with Gasteiger partial charge >= 0.3 is 0 Å². The third kappa shape index (κ3) is 3.58. The van der Waals surface area contributed by atoms with E-state index in [1.165, 1.54) is 43.4 Å². The van der Waals surface area contributed by atoms with Gasteiger partial charge in [-0.05, 0) is 64.4 Å². The van der Waals surface area contributed by atoms with E-state index in [0.717, 1.165) is 12.6 Å². The van der Waals surface area contributed by atoms with Crippen LogP contribution in [0.15, 0.2) is 24.3 Å². The molecule has 106 valence electrons. The Bertz CT molecular complexity index is 389. The third-order valence-electron chi connectivity index (χ3n) is 4.54. The van der Waals surface area contributed by atoms with Crippen LogP contribution >= 0.6 is 0 Å². The predicted molar refractivity (Wildman–Crippen MR) is 82.5 cm³/mol. The van der Waals surface area contributed by atoms with Crippen LogP contribution in [0.2, 0.25) is 0 Å². The highest BCUT2D eigenvalue weighted by atomic mass is 15.2. The molecule has 0 radical (unpaired) electrons. The molecule has 0 amide bonds. The van der Waals surface area contributed by atoms with Crippen molar-refractivity contribution in [1.29, 1.82) is 0 Å². The molecule has 1 saturated heterocycles. The summed E-state index contributed by atoms with van der Waals surface area (Å²) in [5.41, 5.74) is 2.92. The zero-order chi connectivity index (χ0) is 13.7. The smallest absolute Gasteiger partial charge is 0.0325 e. The van der Waals surface area contributed by atoms with Crippen molar-refractivity contribution in [2.24, 2.45) is 0 Å². The van der Waals surface area contributed by atoms with Crippen LogP contribution in [0.4, 0.5) is 0 Å². The van der Waals surface area contributed by atoms with Gasteiger partial charge in [-0.25, -0.2) is 0 Å². The number of nitrogens with zero attached hydrogens (tertiary/aromatic N) is 1. The molecule has 1 heterocycles. The molecule has 2 unspecified atom stereocenters. The van der Waals surface area contributed by atoms with Gasteiger partial charge in [0, 0.05) is 12.1 Å². The van der Waals surface area contributed by atoms with E-state index in [2.05, 4.69) is 55.4 Å². The summed E-state index contributed by atoms with van der Waals surface area (Å²) in [4.78, 5) is 2.73. The van der Waals surface area contributed by atoms with Crippen LogP contribution < -0.4 is 5.32 Å². The van der Waals surface area contributed by atoms with Crippen LogP contribution in [-0.2, 0) is 0 Å². The van der Waals surface area contributed by atoms with Crippen molar-refractivity contribution in [3.05, 3.63) is 35.4 Å². The van der Waals surface area contributed by atoms with E-state index in [1.807, 2.05) is 0 Å². The van der Waals surface area contributed by atoms with Gasteiger partial charge in [0.2, 0.25) is 0 Å². The Morgan fingerprint density at radius 3 is 2.84 bits per heavy atom. The van der Waals surface area contributed by atoms with Gasteiger partial charge in [0.15, 0.2) is 0 Å². The maximum Gasteiger partial charge on any atom is 0.0325 e. The van der Waals surface area contributed by atoms with E-state index in [9.17, 15) is 0 Å². The lowest BCUT2D eigenvalue weighted by atomic mass is 9.93. The lowest BCUT2D eigenvalue weighted by molar-refractivity contribution is 0.0969. The van der Waals surface area contributed by atoms with Crippen LogP contribution in [-0.4, -0.2) is 31.1 Å². The molecule has 2 nitrogen and oxygen atoms in total. The lowest BCUT2D eigenvalue weighted by Gasteiger charge is -2.40. The number of rotatable bonds is 5. The number of piperidine rings is 1. The zero-order valence-corrected chi connectivity index (χ0v) is 12.7. The Labute approximate surface area is 118 Å². The largest absolute Gasteiger partial charge is 0.320 e. The maximum atomic E-state index is 3.30. The first-order valence-corrected chi connectivity index (χ1v) is 7.70. The van der Waals surface area contributed by atoms with Crippen molar-refractivity contribution in [2.45, 2.75) is 51.6 Å². The fourth-order valence-electron chi connectivity index (χ4n) is 3.39. The van der Waals surface area contributed by atoms with Gasteiger partial charge in [0.25, 0.3) is 0 Å². The second-order valence-electron chi connectivity index (χ2n) is 5.81. The molecule has 0 spiro atoms. The Balaban J connectivity index is 2.10. The number of aryl methyl sites for hydroxylation is 1. The molecule has 1 N–H and O–H groups in total. The SMILES string of the molecule is CNCCC1CCCCN1C(C)c1ccccc1C. The second kappa shape index (κ2) is 7.06. The monoisotopic (exact) mass is 260 g/mol. The summed E-state index contributed by atoms with van der Waals surface area (Å²) in [5, 5.41) is 3.30. The topological polar surface area (TPSA) is 15.3 Å². The Hall–Kier alpha value is -0.860. The standard InChI is InChI=1S/C17H28N2/c1-14-8-4-5-10-17(14)15(2)19-13-7-6-9-16(19)11-12-18-3/h4-5,8,10,15-16,18H,6-7,9,11-13H2,1-3H3. The first kappa shape index (κ1) is 14.5. The molecule has 0 aliphatic carbocycles. The van der Waals surface area contributed by atoms with Crippen molar-refractivity contribution in [3.63, 3.8) is 0 Å². The van der Waals surface area contributed by atoms with Gasteiger partial charge in [0.05, 0.1) is 0 Å². The van der Waals surface area contributed by atoms with Crippen molar-refractivity contribution in [3.8, 4) is 0 Å². The van der Waals surface area contributed by atoms with E-state index >= 15 is 0 Å². The molecular weight excluding hydrogens is 232 g/mol. The minimum absolute atomic E-state index is 0.545.